The number of fused-ring (bicyclic) bond motifs is 3. The predicted octanol–water partition coefficient (Wildman–Crippen LogP) is 4.89. The van der Waals surface area contributed by atoms with Gasteiger partial charge in [0.25, 0.3) is 0 Å². The number of terminal acetylenes is 1. The van der Waals surface area contributed by atoms with E-state index < -0.39 is 29.5 Å². The van der Waals surface area contributed by atoms with E-state index in [1.54, 1.807) is 24.0 Å². The Bertz CT molecular complexity index is 1910. The van der Waals surface area contributed by atoms with E-state index in [1.807, 2.05) is 68.4 Å². The fourth-order valence-electron chi connectivity index (χ4n) is 7.00. The first-order chi connectivity index (χ1) is 25.6. The highest BCUT2D eigenvalue weighted by molar-refractivity contribution is 5.92. The topological polar surface area (TPSA) is 141 Å². The van der Waals surface area contributed by atoms with Gasteiger partial charge in [0.15, 0.2) is 0 Å². The summed E-state index contributed by atoms with van der Waals surface area (Å²) in [5, 5.41) is 14.9. The van der Waals surface area contributed by atoms with Crippen molar-refractivity contribution < 1.29 is 28.6 Å². The van der Waals surface area contributed by atoms with Crippen molar-refractivity contribution in [3.8, 4) is 35.2 Å². The van der Waals surface area contributed by atoms with Gasteiger partial charge in [-0.25, -0.2) is 4.79 Å². The molecule has 1 saturated heterocycles. The zero-order valence-electron chi connectivity index (χ0n) is 30.5. The number of nitrogens with zero attached hydrogens (tertiary/aromatic N) is 6. The minimum absolute atomic E-state index is 0.0506. The summed E-state index contributed by atoms with van der Waals surface area (Å²) in [6.45, 7) is 6.31. The molecular formula is C40H45N7O6. The highest BCUT2D eigenvalue weighted by Crippen LogP contribution is 2.44. The maximum atomic E-state index is 14.5. The van der Waals surface area contributed by atoms with E-state index in [9.17, 15) is 14.4 Å². The Morgan fingerprint density at radius 2 is 1.68 bits per heavy atom. The van der Waals surface area contributed by atoms with Crippen LogP contribution in [0.5, 0.6) is 11.8 Å². The molecule has 3 aromatic carbocycles. The third-order valence-electron chi connectivity index (χ3n) is 10.1. The summed E-state index contributed by atoms with van der Waals surface area (Å²) in [4.78, 5) is 44.7. The van der Waals surface area contributed by atoms with Crippen molar-refractivity contribution in [2.24, 2.45) is 5.41 Å². The number of likely N-dealkylation sites (tertiary alicyclic amines) is 1. The molecule has 1 aliphatic heterocycles. The minimum Gasteiger partial charge on any atom is -0.448 e. The number of likely N-dealkylation sites (N-methyl/N-ethyl adjacent to an activating group) is 1. The molecule has 1 fully saturated rings. The minimum atomic E-state index is -1.01. The Balaban J connectivity index is 1.13. The molecule has 13 nitrogen and oxygen atoms in total. The van der Waals surface area contributed by atoms with Crippen LogP contribution in [0.15, 0.2) is 78.9 Å². The molecule has 1 N–H and O–H groups in total. The molecule has 3 amide bonds. The molecule has 0 unspecified atom stereocenters. The quantitative estimate of drug-likeness (QED) is 0.143. The van der Waals surface area contributed by atoms with E-state index in [0.717, 1.165) is 28.7 Å². The number of tetrazole rings is 1. The van der Waals surface area contributed by atoms with Gasteiger partial charge in [0.1, 0.15) is 31.0 Å². The number of aromatic nitrogens is 4. The van der Waals surface area contributed by atoms with Crippen molar-refractivity contribution in [2.75, 3.05) is 33.4 Å². The number of hydrogen-bond acceptors (Lipinski definition) is 9. The first-order valence-corrected chi connectivity index (χ1v) is 17.8. The Labute approximate surface area is 309 Å². The summed E-state index contributed by atoms with van der Waals surface area (Å²) < 4.78 is 18.9. The van der Waals surface area contributed by atoms with Crippen LogP contribution in [0.25, 0.3) is 11.1 Å². The lowest BCUT2D eigenvalue weighted by molar-refractivity contribution is -0.143. The molecule has 0 bridgehead atoms. The second-order valence-electron chi connectivity index (χ2n) is 14.1. The predicted molar refractivity (Wildman–Crippen MR) is 197 cm³/mol. The normalized spacial score (nSPS) is 16.2. The largest absolute Gasteiger partial charge is 0.448 e. The Morgan fingerprint density at radius 1 is 1.02 bits per heavy atom. The van der Waals surface area contributed by atoms with Crippen LogP contribution in [0.2, 0.25) is 0 Å². The van der Waals surface area contributed by atoms with Crippen molar-refractivity contribution in [3.05, 3.63) is 90.0 Å². The fraction of sp³-hybridized carbons (Fsp3) is 0.400. The lowest BCUT2D eigenvalue weighted by Gasteiger charge is -2.38. The van der Waals surface area contributed by atoms with Gasteiger partial charge in [0.2, 0.25) is 11.8 Å². The molecule has 2 aliphatic rings. The fourth-order valence-corrected chi connectivity index (χ4v) is 7.00. The number of para-hydroxylation sites is 1. The number of rotatable bonds is 14. The molecule has 2 heterocycles. The standard InChI is InChI=1S/C40H45N7O6/c1-6-23-51-26-40(3,4)35(37(49)46-22-14-15-28(46)24-47-38(42-43-44-47)53-29-16-8-7-9-17-29)41-36(48)27(2)45(5)39(50)52-25-34-32-20-12-10-18-30(32)31-19-11-13-21-33(31)34/h1,7-13,16-21,27-28,34-35H,14-15,22-26H2,2-5H3,(H,41,48)/t27-,28-,35+/m0/s1. The summed E-state index contributed by atoms with van der Waals surface area (Å²) in [7, 11) is 1.51. The first kappa shape index (κ1) is 37.0. The van der Waals surface area contributed by atoms with Gasteiger partial charge < -0.3 is 24.4 Å². The Hall–Kier alpha value is -5.74. The van der Waals surface area contributed by atoms with E-state index in [4.69, 9.17) is 20.6 Å². The van der Waals surface area contributed by atoms with Crippen LogP contribution in [0, 0.1) is 17.8 Å². The van der Waals surface area contributed by atoms with Gasteiger partial charge in [-0.05, 0) is 64.6 Å². The van der Waals surface area contributed by atoms with Gasteiger partial charge in [-0.3, -0.25) is 14.5 Å². The van der Waals surface area contributed by atoms with Crippen LogP contribution in [-0.2, 0) is 25.6 Å². The molecular weight excluding hydrogens is 674 g/mol. The van der Waals surface area contributed by atoms with Crippen molar-refractivity contribution >= 4 is 17.9 Å². The van der Waals surface area contributed by atoms with Crippen LogP contribution in [0.3, 0.4) is 0 Å². The van der Waals surface area contributed by atoms with Crippen molar-refractivity contribution in [2.45, 2.75) is 64.2 Å². The van der Waals surface area contributed by atoms with Gasteiger partial charge in [-0.1, -0.05) is 91.6 Å². The average Bonchev–Trinajstić information content (AvgIpc) is 3.90. The van der Waals surface area contributed by atoms with Gasteiger partial charge in [0, 0.05) is 24.9 Å². The van der Waals surface area contributed by atoms with E-state index in [0.29, 0.717) is 18.7 Å². The van der Waals surface area contributed by atoms with Crippen molar-refractivity contribution in [1.29, 1.82) is 0 Å². The highest BCUT2D eigenvalue weighted by atomic mass is 16.6. The highest BCUT2D eigenvalue weighted by Gasteiger charge is 2.43. The van der Waals surface area contributed by atoms with Crippen LogP contribution < -0.4 is 10.1 Å². The van der Waals surface area contributed by atoms with Crippen molar-refractivity contribution in [1.82, 2.24) is 35.3 Å². The Morgan fingerprint density at radius 3 is 2.36 bits per heavy atom. The first-order valence-electron chi connectivity index (χ1n) is 17.8. The summed E-state index contributed by atoms with van der Waals surface area (Å²) in [5.74, 6) is 2.10. The van der Waals surface area contributed by atoms with Gasteiger partial charge in [0.05, 0.1) is 19.2 Å². The molecule has 3 atom stereocenters. The summed E-state index contributed by atoms with van der Waals surface area (Å²) in [6, 6.07) is 23.3. The van der Waals surface area contributed by atoms with Crippen molar-refractivity contribution in [3.63, 3.8) is 0 Å². The average molecular weight is 720 g/mol. The lowest BCUT2D eigenvalue weighted by atomic mass is 9.83. The molecule has 0 radical (unpaired) electrons. The summed E-state index contributed by atoms with van der Waals surface area (Å²) in [5.41, 5.74) is 3.54. The number of benzene rings is 3. The molecule has 0 spiro atoms. The smallest absolute Gasteiger partial charge is 0.410 e. The van der Waals surface area contributed by atoms with Gasteiger partial charge >= 0.3 is 12.1 Å². The molecule has 6 rings (SSSR count). The SMILES string of the molecule is C#CCOCC(C)(C)[C@H](NC(=O)[C@H](C)N(C)C(=O)OCC1c2ccccc2-c2ccccc21)C(=O)N1CCC[C@H]1Cn1nnnc1Oc1ccccc1. The second kappa shape index (κ2) is 16.3. The van der Waals surface area contributed by atoms with E-state index >= 15 is 0 Å². The molecule has 4 aromatic rings. The number of nitrogens with one attached hydrogen (secondary N) is 1. The number of hydrogen-bond donors (Lipinski definition) is 1. The molecule has 53 heavy (non-hydrogen) atoms. The second-order valence-corrected chi connectivity index (χ2v) is 14.1. The number of carbonyl (C=O) groups is 3. The lowest BCUT2D eigenvalue weighted by Crippen LogP contribution is -2.60. The molecule has 1 aromatic heterocycles. The van der Waals surface area contributed by atoms with Crippen LogP contribution in [0.1, 0.15) is 50.7 Å². The number of amides is 3. The maximum absolute atomic E-state index is 14.5. The van der Waals surface area contributed by atoms with Crippen LogP contribution >= 0.6 is 0 Å². The Kier molecular flexibility index (Phi) is 11.4. The zero-order valence-corrected chi connectivity index (χ0v) is 30.5. The van der Waals surface area contributed by atoms with Gasteiger partial charge in [-0.15, -0.1) is 6.42 Å². The van der Waals surface area contributed by atoms with E-state index in [1.165, 1.54) is 16.6 Å². The van der Waals surface area contributed by atoms with E-state index in [2.05, 4.69) is 38.9 Å². The van der Waals surface area contributed by atoms with Crippen LogP contribution in [-0.4, -0.2) is 99.5 Å². The monoisotopic (exact) mass is 719 g/mol. The molecule has 276 valence electrons. The van der Waals surface area contributed by atoms with Gasteiger partial charge in [-0.2, -0.15) is 4.68 Å². The molecule has 0 saturated carbocycles. The maximum Gasteiger partial charge on any atom is 0.410 e. The zero-order chi connectivity index (χ0) is 37.5. The summed E-state index contributed by atoms with van der Waals surface area (Å²) >= 11 is 0. The number of ether oxygens (including phenoxy) is 3. The van der Waals surface area contributed by atoms with E-state index in [-0.39, 0.29) is 50.2 Å². The third kappa shape index (κ3) is 8.18. The molecule has 13 heteroatoms. The number of carbonyl (C=O) groups excluding carboxylic acids is 3. The van der Waals surface area contributed by atoms with Crippen LogP contribution in [0.4, 0.5) is 4.79 Å². The summed E-state index contributed by atoms with van der Waals surface area (Å²) in [6.07, 6.45) is 6.24. The molecule has 1 aliphatic carbocycles. The third-order valence-corrected chi connectivity index (χ3v) is 10.1.